The standard InChI is InChI=1S/C24H24N2O3S/c1-29-21-10-5-4-9-20(21)24(28)26-13-12-25-23(27)18(16-26)15-17-7-2-3-8-19(17)22-11-6-14-30-22/h2-11,14,18H,12-13,15-16H2,1H3,(H,25,27)/t18-/m0/s1. The Morgan fingerprint density at radius 3 is 2.73 bits per heavy atom. The molecule has 2 aromatic carbocycles. The Morgan fingerprint density at radius 1 is 1.13 bits per heavy atom. The van der Waals surface area contributed by atoms with Gasteiger partial charge in [0.1, 0.15) is 5.75 Å². The third kappa shape index (κ3) is 4.24. The smallest absolute Gasteiger partial charge is 0.257 e. The van der Waals surface area contributed by atoms with Crippen LogP contribution in [0.5, 0.6) is 5.75 Å². The molecule has 2 amide bonds. The largest absolute Gasteiger partial charge is 0.496 e. The number of ether oxygens (including phenoxy) is 1. The Labute approximate surface area is 180 Å². The lowest BCUT2D eigenvalue weighted by Gasteiger charge is -2.24. The molecular formula is C24H24N2O3S. The summed E-state index contributed by atoms with van der Waals surface area (Å²) in [4.78, 5) is 28.9. The number of para-hydroxylation sites is 1. The second-order valence-electron chi connectivity index (χ2n) is 7.28. The molecule has 1 atom stereocenters. The summed E-state index contributed by atoms with van der Waals surface area (Å²) in [5, 5.41) is 5.03. The molecule has 1 aliphatic heterocycles. The molecule has 2 heterocycles. The molecule has 4 rings (SSSR count). The van der Waals surface area contributed by atoms with Gasteiger partial charge in [0.15, 0.2) is 0 Å². The van der Waals surface area contributed by atoms with Crippen molar-refractivity contribution in [1.29, 1.82) is 0 Å². The number of thiophene rings is 1. The van der Waals surface area contributed by atoms with Gasteiger partial charge in [0, 0.05) is 24.5 Å². The topological polar surface area (TPSA) is 58.6 Å². The first-order valence-electron chi connectivity index (χ1n) is 9.99. The fourth-order valence-electron chi connectivity index (χ4n) is 3.87. The van der Waals surface area contributed by atoms with Crippen LogP contribution in [0.25, 0.3) is 10.4 Å². The van der Waals surface area contributed by atoms with Gasteiger partial charge in [-0.15, -0.1) is 11.3 Å². The zero-order valence-corrected chi connectivity index (χ0v) is 17.7. The molecule has 1 aromatic heterocycles. The number of benzene rings is 2. The van der Waals surface area contributed by atoms with Gasteiger partial charge in [-0.05, 0) is 41.1 Å². The van der Waals surface area contributed by atoms with Crippen LogP contribution in [0.1, 0.15) is 15.9 Å². The maximum Gasteiger partial charge on any atom is 0.257 e. The summed E-state index contributed by atoms with van der Waals surface area (Å²) in [5.41, 5.74) is 2.78. The van der Waals surface area contributed by atoms with Crippen molar-refractivity contribution < 1.29 is 14.3 Å². The maximum atomic E-state index is 13.2. The SMILES string of the molecule is COc1ccccc1C(=O)N1CCNC(=O)[C@@H](Cc2ccccc2-c2cccs2)C1. The highest BCUT2D eigenvalue weighted by atomic mass is 32.1. The Morgan fingerprint density at radius 2 is 1.93 bits per heavy atom. The second-order valence-corrected chi connectivity index (χ2v) is 8.23. The van der Waals surface area contributed by atoms with Gasteiger partial charge in [0.25, 0.3) is 5.91 Å². The number of amides is 2. The molecule has 6 heteroatoms. The van der Waals surface area contributed by atoms with E-state index in [1.54, 1.807) is 35.5 Å². The van der Waals surface area contributed by atoms with E-state index >= 15 is 0 Å². The van der Waals surface area contributed by atoms with Crippen molar-refractivity contribution in [3.63, 3.8) is 0 Å². The molecule has 1 N–H and O–H groups in total. The lowest BCUT2D eigenvalue weighted by Crippen LogP contribution is -2.37. The molecule has 1 aliphatic rings. The van der Waals surface area contributed by atoms with E-state index in [-0.39, 0.29) is 17.7 Å². The van der Waals surface area contributed by atoms with Gasteiger partial charge in [-0.3, -0.25) is 9.59 Å². The summed E-state index contributed by atoms with van der Waals surface area (Å²) in [6.07, 6.45) is 0.579. The fourth-order valence-corrected chi connectivity index (χ4v) is 4.65. The Kier molecular flexibility index (Phi) is 6.14. The van der Waals surface area contributed by atoms with Crippen molar-refractivity contribution in [3.8, 4) is 16.2 Å². The van der Waals surface area contributed by atoms with Gasteiger partial charge in [-0.1, -0.05) is 42.5 Å². The molecule has 0 saturated carbocycles. The molecule has 1 fully saturated rings. The quantitative estimate of drug-likeness (QED) is 0.682. The van der Waals surface area contributed by atoms with Crippen molar-refractivity contribution in [2.24, 2.45) is 5.92 Å². The highest BCUT2D eigenvalue weighted by molar-refractivity contribution is 7.13. The average molecular weight is 421 g/mol. The highest BCUT2D eigenvalue weighted by Crippen LogP contribution is 2.30. The molecular weight excluding hydrogens is 396 g/mol. The summed E-state index contributed by atoms with van der Waals surface area (Å²) in [6.45, 7) is 1.30. The second kappa shape index (κ2) is 9.13. The van der Waals surface area contributed by atoms with Crippen molar-refractivity contribution >= 4 is 23.2 Å². The minimum atomic E-state index is -0.313. The fraction of sp³-hybridized carbons (Fsp3) is 0.250. The molecule has 0 spiro atoms. The third-order valence-corrected chi connectivity index (χ3v) is 6.29. The number of hydrogen-bond donors (Lipinski definition) is 1. The zero-order valence-electron chi connectivity index (χ0n) is 16.8. The van der Waals surface area contributed by atoms with E-state index in [9.17, 15) is 9.59 Å². The minimum Gasteiger partial charge on any atom is -0.496 e. The number of carbonyl (C=O) groups is 2. The summed E-state index contributed by atoms with van der Waals surface area (Å²) in [6, 6.07) is 19.5. The maximum absolute atomic E-state index is 13.2. The van der Waals surface area contributed by atoms with Crippen LogP contribution < -0.4 is 10.1 Å². The monoisotopic (exact) mass is 420 g/mol. The number of nitrogens with one attached hydrogen (secondary N) is 1. The van der Waals surface area contributed by atoms with Crippen LogP contribution in [0.15, 0.2) is 66.0 Å². The zero-order chi connectivity index (χ0) is 20.9. The third-order valence-electron chi connectivity index (χ3n) is 5.39. The first-order chi connectivity index (χ1) is 14.7. The van der Waals surface area contributed by atoms with Crippen LogP contribution in [0.3, 0.4) is 0 Å². The molecule has 0 radical (unpaired) electrons. The van der Waals surface area contributed by atoms with Gasteiger partial charge in [0.05, 0.1) is 18.6 Å². The minimum absolute atomic E-state index is 0.00805. The van der Waals surface area contributed by atoms with Crippen LogP contribution in [0.4, 0.5) is 0 Å². The lowest BCUT2D eigenvalue weighted by atomic mass is 9.94. The van der Waals surface area contributed by atoms with Crippen molar-refractivity contribution in [2.75, 3.05) is 26.7 Å². The predicted molar refractivity (Wildman–Crippen MR) is 119 cm³/mol. The molecule has 0 unspecified atom stereocenters. The molecule has 30 heavy (non-hydrogen) atoms. The molecule has 154 valence electrons. The van der Waals surface area contributed by atoms with E-state index in [1.165, 1.54) is 4.88 Å². The van der Waals surface area contributed by atoms with Crippen LogP contribution in [0, 0.1) is 5.92 Å². The van der Waals surface area contributed by atoms with Crippen molar-refractivity contribution in [2.45, 2.75) is 6.42 Å². The van der Waals surface area contributed by atoms with Gasteiger partial charge in [-0.25, -0.2) is 0 Å². The van der Waals surface area contributed by atoms with Crippen LogP contribution in [0.2, 0.25) is 0 Å². The highest BCUT2D eigenvalue weighted by Gasteiger charge is 2.30. The summed E-state index contributed by atoms with van der Waals surface area (Å²) < 4.78 is 5.36. The average Bonchev–Trinajstić information content (AvgIpc) is 3.25. The summed E-state index contributed by atoms with van der Waals surface area (Å²) in [7, 11) is 1.56. The molecule has 3 aromatic rings. The Bertz CT molecular complexity index is 1030. The van der Waals surface area contributed by atoms with Gasteiger partial charge >= 0.3 is 0 Å². The first-order valence-corrected chi connectivity index (χ1v) is 10.9. The van der Waals surface area contributed by atoms with Crippen molar-refractivity contribution in [1.82, 2.24) is 10.2 Å². The number of hydrogen-bond acceptors (Lipinski definition) is 4. The number of rotatable bonds is 5. The summed E-state index contributed by atoms with van der Waals surface area (Å²) >= 11 is 1.68. The van der Waals surface area contributed by atoms with E-state index in [1.807, 2.05) is 30.3 Å². The van der Waals surface area contributed by atoms with E-state index in [0.29, 0.717) is 37.4 Å². The lowest BCUT2D eigenvalue weighted by molar-refractivity contribution is -0.124. The predicted octanol–water partition coefficient (Wildman–Crippen LogP) is 3.85. The first kappa shape index (κ1) is 20.2. The molecule has 0 aliphatic carbocycles. The normalized spacial score (nSPS) is 16.6. The van der Waals surface area contributed by atoms with Gasteiger partial charge < -0.3 is 15.0 Å². The molecule has 1 saturated heterocycles. The van der Waals surface area contributed by atoms with Gasteiger partial charge in [0.2, 0.25) is 5.91 Å². The number of nitrogens with zero attached hydrogens (tertiary/aromatic N) is 1. The number of carbonyl (C=O) groups excluding carboxylic acids is 2. The Balaban J connectivity index is 1.58. The summed E-state index contributed by atoms with van der Waals surface area (Å²) in [5.74, 6) is 0.115. The van der Waals surface area contributed by atoms with Crippen molar-refractivity contribution in [3.05, 3.63) is 77.2 Å². The van der Waals surface area contributed by atoms with Crippen LogP contribution in [-0.2, 0) is 11.2 Å². The van der Waals surface area contributed by atoms with E-state index in [2.05, 4.69) is 28.9 Å². The number of methoxy groups -OCH3 is 1. The van der Waals surface area contributed by atoms with E-state index in [4.69, 9.17) is 4.74 Å². The molecule has 0 bridgehead atoms. The van der Waals surface area contributed by atoms with Crippen LogP contribution in [-0.4, -0.2) is 43.5 Å². The van der Waals surface area contributed by atoms with Gasteiger partial charge in [-0.2, -0.15) is 0 Å². The van der Waals surface area contributed by atoms with E-state index in [0.717, 1.165) is 11.1 Å². The van der Waals surface area contributed by atoms with E-state index < -0.39 is 0 Å². The molecule has 5 nitrogen and oxygen atoms in total. The Hall–Kier alpha value is -3.12. The van der Waals surface area contributed by atoms with Crippen LogP contribution >= 0.6 is 11.3 Å².